The second-order valence-corrected chi connectivity index (χ2v) is 13.9. The molecule has 0 aliphatic rings. The number of nitroso groups, excluding NO2 is 1. The molecule has 0 amide bonds. The van der Waals surface area contributed by atoms with Gasteiger partial charge < -0.3 is 40.4 Å². The molecule has 0 heterocycles. The van der Waals surface area contributed by atoms with E-state index in [-0.39, 0.29) is 26.4 Å². The van der Waals surface area contributed by atoms with Crippen molar-refractivity contribution in [2.75, 3.05) is 77.5 Å². The van der Waals surface area contributed by atoms with E-state index in [0.29, 0.717) is 57.6 Å². The Morgan fingerprint density at radius 2 is 1.12 bits per heavy atom. The quantitative estimate of drug-likeness (QED) is 0.0176. The SMILES string of the molecule is NC(CCCSSCCCC(N)=NCCOCCOCCOCCOP(=O)(O)O)=NCCCCCCOP(=O)(O)N=O. The molecule has 0 aromatic carbocycles. The Bertz CT molecular complexity index is 841. The van der Waals surface area contributed by atoms with Gasteiger partial charge in [0.1, 0.15) is 0 Å². The zero-order valence-electron chi connectivity index (χ0n) is 24.0. The second-order valence-electron chi connectivity index (χ2n) is 8.58. The molecule has 0 radical (unpaired) electrons. The first-order valence-electron chi connectivity index (χ1n) is 13.6. The lowest BCUT2D eigenvalue weighted by Crippen LogP contribution is -2.15. The lowest BCUT2D eigenvalue weighted by Gasteiger charge is -2.07. The van der Waals surface area contributed by atoms with Crippen molar-refractivity contribution < 1.29 is 47.1 Å². The molecular weight excluding hydrogens is 636 g/mol. The third-order valence-corrected chi connectivity index (χ3v) is 8.74. The molecule has 0 aliphatic heterocycles. The van der Waals surface area contributed by atoms with Crippen LogP contribution in [0.3, 0.4) is 0 Å². The van der Waals surface area contributed by atoms with E-state index in [1.54, 1.807) is 21.6 Å². The number of nitrogens with zero attached hydrogens (tertiary/aromatic N) is 3. The number of hydrogen-bond donors (Lipinski definition) is 5. The van der Waals surface area contributed by atoms with Gasteiger partial charge in [-0.3, -0.25) is 19.0 Å². The Labute approximate surface area is 255 Å². The molecule has 0 aliphatic carbocycles. The zero-order chi connectivity index (χ0) is 31.4. The third-order valence-electron chi connectivity index (χ3n) is 4.92. The summed E-state index contributed by atoms with van der Waals surface area (Å²) in [4.78, 5) is 46.6. The summed E-state index contributed by atoms with van der Waals surface area (Å²) in [6.07, 6.45) is 6.53. The molecular formula is C22H47N5O11P2S2. The average Bonchev–Trinajstić information content (AvgIpc) is 2.93. The molecule has 1 unspecified atom stereocenters. The lowest BCUT2D eigenvalue weighted by atomic mass is 10.2. The van der Waals surface area contributed by atoms with Crippen LogP contribution in [0.5, 0.6) is 0 Å². The molecule has 7 N–H and O–H groups in total. The summed E-state index contributed by atoms with van der Waals surface area (Å²) in [5.74, 6) is 3.23. The van der Waals surface area contributed by atoms with Crippen molar-refractivity contribution in [3.63, 3.8) is 0 Å². The van der Waals surface area contributed by atoms with Crippen LogP contribution in [0.4, 0.5) is 0 Å². The van der Waals surface area contributed by atoms with Crippen LogP contribution in [-0.2, 0) is 32.4 Å². The summed E-state index contributed by atoms with van der Waals surface area (Å²) >= 11 is 0. The minimum Gasteiger partial charge on any atom is -0.387 e. The Morgan fingerprint density at radius 3 is 1.67 bits per heavy atom. The molecule has 16 nitrogen and oxygen atoms in total. The van der Waals surface area contributed by atoms with E-state index in [4.69, 9.17) is 40.4 Å². The van der Waals surface area contributed by atoms with Gasteiger partial charge in [-0.25, -0.2) is 9.13 Å². The van der Waals surface area contributed by atoms with Crippen molar-refractivity contribution in [3.05, 3.63) is 4.91 Å². The molecule has 0 bridgehead atoms. The molecule has 0 spiro atoms. The number of amidine groups is 2. The lowest BCUT2D eigenvalue weighted by molar-refractivity contribution is 0.00873. The minimum atomic E-state index is -4.44. The van der Waals surface area contributed by atoms with Crippen LogP contribution in [0.25, 0.3) is 0 Å². The summed E-state index contributed by atoms with van der Waals surface area (Å²) in [6, 6.07) is 0. The van der Waals surface area contributed by atoms with Crippen molar-refractivity contribution in [2.24, 2.45) is 26.4 Å². The fourth-order valence-corrected chi connectivity index (χ4v) is 5.81. The summed E-state index contributed by atoms with van der Waals surface area (Å²) in [7, 11) is -5.13. The van der Waals surface area contributed by atoms with Crippen LogP contribution in [0, 0.1) is 4.91 Å². The summed E-state index contributed by atoms with van der Waals surface area (Å²) in [5.41, 5.74) is 11.9. The number of phosphoric ester groups is 1. The highest BCUT2D eigenvalue weighted by Crippen LogP contribution is 2.43. The molecule has 1 atom stereocenters. The van der Waals surface area contributed by atoms with E-state index in [9.17, 15) is 14.0 Å². The Hall–Kier alpha value is -0.620. The largest absolute Gasteiger partial charge is 0.487 e. The maximum atomic E-state index is 10.9. The van der Waals surface area contributed by atoms with Crippen molar-refractivity contribution >= 4 is 48.8 Å². The predicted molar refractivity (Wildman–Crippen MR) is 167 cm³/mol. The number of rotatable bonds is 31. The van der Waals surface area contributed by atoms with Crippen LogP contribution in [0.1, 0.15) is 51.4 Å². The van der Waals surface area contributed by atoms with Crippen LogP contribution < -0.4 is 11.5 Å². The summed E-state index contributed by atoms with van der Waals surface area (Å²) in [5, 5.41) is 0. The summed E-state index contributed by atoms with van der Waals surface area (Å²) in [6.45, 7) is 2.95. The summed E-state index contributed by atoms with van der Waals surface area (Å²) < 4.78 is 46.0. The highest BCUT2D eigenvalue weighted by atomic mass is 33.1. The number of hydrogen-bond acceptors (Lipinski definition) is 12. The number of phosphoric acid groups is 1. The van der Waals surface area contributed by atoms with Crippen molar-refractivity contribution in [1.29, 1.82) is 0 Å². The highest BCUT2D eigenvalue weighted by molar-refractivity contribution is 8.76. The molecule has 20 heteroatoms. The van der Waals surface area contributed by atoms with E-state index < -0.39 is 15.6 Å². The van der Waals surface area contributed by atoms with Gasteiger partial charge in [-0.1, -0.05) is 34.4 Å². The molecule has 248 valence electrons. The number of nitrogens with two attached hydrogens (primary N) is 2. The molecule has 0 fully saturated rings. The average molecular weight is 684 g/mol. The Kier molecular flexibility index (Phi) is 27.5. The van der Waals surface area contributed by atoms with Gasteiger partial charge in [0.2, 0.25) is 0 Å². The standard InChI is InChI=1S/C22H47N5O11P2S2/c23-21(25-9-3-1-2-4-11-37-39(29,30)27-28)7-5-19-41-42-20-6-8-22(24)26-10-12-34-13-14-35-15-16-36-17-18-38-40(31,32)33/h1-20H2,(H2,23,25)(H2,24,26)(H,29,30)(H2,31,32,33). The third kappa shape index (κ3) is 32.3. The molecule has 0 saturated carbocycles. The zero-order valence-corrected chi connectivity index (χ0v) is 27.4. The number of aliphatic imine (C=N–C) groups is 2. The van der Waals surface area contributed by atoms with Gasteiger partial charge in [0.15, 0.2) is 0 Å². The first-order valence-corrected chi connectivity index (χ1v) is 19.2. The van der Waals surface area contributed by atoms with E-state index in [1.807, 2.05) is 4.95 Å². The predicted octanol–water partition coefficient (Wildman–Crippen LogP) is 3.25. The van der Waals surface area contributed by atoms with Crippen LogP contribution in [0.2, 0.25) is 0 Å². The Balaban J connectivity index is 3.44. The maximum absolute atomic E-state index is 10.9. The smallest absolute Gasteiger partial charge is 0.387 e. The maximum Gasteiger partial charge on any atom is 0.487 e. The second kappa shape index (κ2) is 27.9. The first-order chi connectivity index (χ1) is 20.1. The molecule has 0 saturated heterocycles. The highest BCUT2D eigenvalue weighted by Gasteiger charge is 2.18. The molecule has 0 rings (SSSR count). The molecule has 42 heavy (non-hydrogen) atoms. The van der Waals surface area contributed by atoms with E-state index in [0.717, 1.165) is 56.5 Å². The van der Waals surface area contributed by atoms with Gasteiger partial charge >= 0.3 is 15.6 Å². The van der Waals surface area contributed by atoms with E-state index in [2.05, 4.69) is 19.0 Å². The van der Waals surface area contributed by atoms with E-state index >= 15 is 0 Å². The van der Waals surface area contributed by atoms with Crippen LogP contribution in [0.15, 0.2) is 14.9 Å². The number of ether oxygens (including phenoxy) is 3. The number of unbranched alkanes of at least 4 members (excludes halogenated alkanes) is 3. The van der Waals surface area contributed by atoms with E-state index in [1.165, 1.54) is 0 Å². The molecule has 0 aromatic rings. The van der Waals surface area contributed by atoms with Gasteiger partial charge in [-0.05, 0) is 25.7 Å². The Morgan fingerprint density at radius 1 is 0.619 bits per heavy atom. The van der Waals surface area contributed by atoms with Crippen molar-refractivity contribution in [1.82, 2.24) is 0 Å². The first kappa shape index (κ1) is 41.4. The van der Waals surface area contributed by atoms with Crippen molar-refractivity contribution in [2.45, 2.75) is 51.4 Å². The van der Waals surface area contributed by atoms with Crippen molar-refractivity contribution in [3.8, 4) is 0 Å². The molecule has 0 aromatic heterocycles. The van der Waals surface area contributed by atoms with Gasteiger partial charge in [0, 0.05) is 35.8 Å². The van der Waals surface area contributed by atoms with Gasteiger partial charge in [-0.15, -0.1) is 4.91 Å². The van der Waals surface area contributed by atoms with Gasteiger partial charge in [0.05, 0.1) is 71.1 Å². The normalized spacial score (nSPS) is 14.3. The van der Waals surface area contributed by atoms with Crippen LogP contribution in [-0.4, -0.2) is 104 Å². The topological polar surface area (TPSA) is 247 Å². The van der Waals surface area contributed by atoms with Gasteiger partial charge in [0.25, 0.3) is 0 Å². The monoisotopic (exact) mass is 683 g/mol. The fraction of sp³-hybridized carbons (Fsp3) is 0.909. The fourth-order valence-electron chi connectivity index (χ4n) is 2.91. The van der Waals surface area contributed by atoms with Gasteiger partial charge in [-0.2, -0.15) is 0 Å². The minimum absolute atomic E-state index is 0.0307. The van der Waals surface area contributed by atoms with Crippen LogP contribution >= 0.6 is 37.2 Å².